The van der Waals surface area contributed by atoms with Crippen LogP contribution < -0.4 is 9.47 Å². The Morgan fingerprint density at radius 1 is 1.23 bits per heavy atom. The summed E-state index contributed by atoms with van der Waals surface area (Å²) in [4.78, 5) is 15.4. The number of hydrogen-bond donors (Lipinski definition) is 1. The summed E-state index contributed by atoms with van der Waals surface area (Å²) in [7, 11) is 3.22. The molecular weight excluding hydrogens is 282 g/mol. The monoisotopic (exact) mass is 305 g/mol. The quantitative estimate of drug-likeness (QED) is 0.820. The molecule has 120 valence electrons. The molecule has 1 saturated carbocycles. The minimum Gasteiger partial charge on any atom is -0.493 e. The van der Waals surface area contributed by atoms with Crippen LogP contribution in [0.2, 0.25) is 0 Å². The lowest BCUT2D eigenvalue weighted by molar-refractivity contribution is -0.143. The lowest BCUT2D eigenvalue weighted by Gasteiger charge is -2.24. The molecule has 1 aromatic carbocycles. The molecule has 2 rings (SSSR count). The third-order valence-electron chi connectivity index (χ3n) is 4.21. The lowest BCUT2D eigenvalue weighted by Crippen LogP contribution is -2.22. The number of rotatable bonds is 6. The first-order valence-corrected chi connectivity index (χ1v) is 7.58. The van der Waals surface area contributed by atoms with Crippen molar-refractivity contribution < 1.29 is 19.4 Å². The van der Waals surface area contributed by atoms with Crippen LogP contribution in [0.4, 0.5) is 0 Å². The fourth-order valence-corrected chi connectivity index (χ4v) is 2.83. The molecule has 0 amide bonds. The predicted molar refractivity (Wildman–Crippen MR) is 85.1 cm³/mol. The maximum Gasteiger partial charge on any atom is 0.306 e. The van der Waals surface area contributed by atoms with Gasteiger partial charge in [0.25, 0.3) is 0 Å². The van der Waals surface area contributed by atoms with Crippen LogP contribution in [0.25, 0.3) is 0 Å². The van der Waals surface area contributed by atoms with E-state index in [9.17, 15) is 4.79 Å². The number of hydrogen-bond acceptors (Lipinski definition) is 4. The highest BCUT2D eigenvalue weighted by molar-refractivity contribution is 5.80. The fourth-order valence-electron chi connectivity index (χ4n) is 2.83. The van der Waals surface area contributed by atoms with E-state index in [1.807, 2.05) is 24.4 Å². The van der Waals surface area contributed by atoms with Gasteiger partial charge < -0.3 is 14.6 Å². The lowest BCUT2D eigenvalue weighted by atomic mass is 9.82. The van der Waals surface area contributed by atoms with Crippen molar-refractivity contribution in [1.29, 1.82) is 0 Å². The molecule has 5 nitrogen and oxygen atoms in total. The maximum absolute atomic E-state index is 10.9. The van der Waals surface area contributed by atoms with Crippen LogP contribution in [0.3, 0.4) is 0 Å². The maximum atomic E-state index is 10.9. The standard InChI is InChI=1S/C17H23NO4/c1-21-15-8-5-13(9-16(15)22-2)11-18-10-12-3-6-14(7-4-12)17(19)20/h5,8-9,11-12,14H,3-4,6-7,10H2,1-2H3,(H,19,20). The van der Waals surface area contributed by atoms with Crippen molar-refractivity contribution in [1.82, 2.24) is 0 Å². The van der Waals surface area contributed by atoms with Gasteiger partial charge in [-0.1, -0.05) is 0 Å². The second-order valence-corrected chi connectivity index (χ2v) is 5.66. The number of carbonyl (C=O) groups is 1. The highest BCUT2D eigenvalue weighted by atomic mass is 16.5. The smallest absolute Gasteiger partial charge is 0.306 e. The Bertz CT molecular complexity index is 533. The molecular formula is C17H23NO4. The van der Waals surface area contributed by atoms with Crippen LogP contribution in [0.15, 0.2) is 23.2 Å². The molecule has 0 saturated heterocycles. The first kappa shape index (κ1) is 16.3. The molecule has 0 radical (unpaired) electrons. The second-order valence-electron chi connectivity index (χ2n) is 5.66. The predicted octanol–water partition coefficient (Wildman–Crippen LogP) is 3.01. The van der Waals surface area contributed by atoms with Gasteiger partial charge in [0.05, 0.1) is 20.1 Å². The van der Waals surface area contributed by atoms with E-state index in [0.717, 1.165) is 37.8 Å². The fraction of sp³-hybridized carbons (Fsp3) is 0.529. The van der Waals surface area contributed by atoms with Gasteiger partial charge in [-0.2, -0.15) is 0 Å². The summed E-state index contributed by atoms with van der Waals surface area (Å²) in [5, 5.41) is 8.99. The highest BCUT2D eigenvalue weighted by Crippen LogP contribution is 2.29. The van der Waals surface area contributed by atoms with Gasteiger partial charge in [0, 0.05) is 12.8 Å². The first-order valence-electron chi connectivity index (χ1n) is 7.58. The average Bonchev–Trinajstić information content (AvgIpc) is 2.55. The number of aliphatic carboxylic acids is 1. The normalized spacial score (nSPS) is 21.7. The van der Waals surface area contributed by atoms with Crippen molar-refractivity contribution in [2.75, 3.05) is 20.8 Å². The highest BCUT2D eigenvalue weighted by Gasteiger charge is 2.25. The average molecular weight is 305 g/mol. The molecule has 1 aliphatic carbocycles. The summed E-state index contributed by atoms with van der Waals surface area (Å²) < 4.78 is 10.5. The largest absolute Gasteiger partial charge is 0.493 e. The SMILES string of the molecule is COc1ccc(C=NCC2CCC(C(=O)O)CC2)cc1OC. The number of carboxylic acid groups (broad SMARTS) is 1. The number of nitrogens with zero attached hydrogens (tertiary/aromatic N) is 1. The zero-order valence-corrected chi connectivity index (χ0v) is 13.1. The molecule has 5 heteroatoms. The molecule has 0 aromatic heterocycles. The third-order valence-corrected chi connectivity index (χ3v) is 4.21. The molecule has 0 bridgehead atoms. The van der Waals surface area contributed by atoms with Gasteiger partial charge in [-0.25, -0.2) is 0 Å². The minimum absolute atomic E-state index is 0.161. The van der Waals surface area contributed by atoms with Crippen LogP contribution in [0, 0.1) is 11.8 Å². The first-order chi connectivity index (χ1) is 10.6. The van der Waals surface area contributed by atoms with Gasteiger partial charge >= 0.3 is 5.97 Å². The van der Waals surface area contributed by atoms with Crippen LogP contribution in [0.5, 0.6) is 11.5 Å². The summed E-state index contributed by atoms with van der Waals surface area (Å²) in [6, 6.07) is 5.69. The molecule has 1 aromatic rings. The van der Waals surface area contributed by atoms with Crippen molar-refractivity contribution >= 4 is 12.2 Å². The van der Waals surface area contributed by atoms with Gasteiger partial charge in [-0.15, -0.1) is 0 Å². The molecule has 0 spiro atoms. The Morgan fingerprint density at radius 2 is 1.91 bits per heavy atom. The van der Waals surface area contributed by atoms with Crippen LogP contribution in [0.1, 0.15) is 31.2 Å². The van der Waals surface area contributed by atoms with E-state index in [2.05, 4.69) is 4.99 Å². The van der Waals surface area contributed by atoms with E-state index in [-0.39, 0.29) is 5.92 Å². The van der Waals surface area contributed by atoms with Crippen molar-refractivity contribution in [3.63, 3.8) is 0 Å². The zero-order valence-electron chi connectivity index (χ0n) is 13.1. The van der Waals surface area contributed by atoms with Gasteiger partial charge in [-0.05, 0) is 55.4 Å². The van der Waals surface area contributed by atoms with Crippen molar-refractivity contribution in [3.05, 3.63) is 23.8 Å². The molecule has 0 atom stereocenters. The van der Waals surface area contributed by atoms with E-state index in [1.54, 1.807) is 14.2 Å². The molecule has 1 aliphatic rings. The molecule has 1 N–H and O–H groups in total. The van der Waals surface area contributed by atoms with Gasteiger partial charge in [0.15, 0.2) is 11.5 Å². The Kier molecular flexibility index (Phi) is 5.81. The number of benzene rings is 1. The third kappa shape index (κ3) is 4.23. The van der Waals surface area contributed by atoms with E-state index in [4.69, 9.17) is 14.6 Å². The van der Waals surface area contributed by atoms with E-state index in [0.29, 0.717) is 17.4 Å². The minimum atomic E-state index is -0.660. The summed E-state index contributed by atoms with van der Waals surface area (Å²) in [6.07, 6.45) is 5.27. The summed E-state index contributed by atoms with van der Waals surface area (Å²) in [5.41, 5.74) is 0.969. The Hall–Kier alpha value is -2.04. The van der Waals surface area contributed by atoms with Crippen LogP contribution in [-0.2, 0) is 4.79 Å². The number of methoxy groups -OCH3 is 2. The summed E-state index contributed by atoms with van der Waals surface area (Å²) in [5.74, 6) is 1.06. The van der Waals surface area contributed by atoms with Gasteiger partial charge in [0.2, 0.25) is 0 Å². The van der Waals surface area contributed by atoms with E-state index in [1.165, 1.54) is 0 Å². The van der Waals surface area contributed by atoms with E-state index < -0.39 is 5.97 Å². The Labute approximate surface area is 131 Å². The molecule has 1 fully saturated rings. The summed E-state index contributed by atoms with van der Waals surface area (Å²) in [6.45, 7) is 0.751. The van der Waals surface area contributed by atoms with Crippen molar-refractivity contribution in [3.8, 4) is 11.5 Å². The number of carboxylic acids is 1. The molecule has 0 unspecified atom stereocenters. The Balaban J connectivity index is 1.87. The van der Waals surface area contributed by atoms with Crippen LogP contribution >= 0.6 is 0 Å². The van der Waals surface area contributed by atoms with Crippen molar-refractivity contribution in [2.45, 2.75) is 25.7 Å². The van der Waals surface area contributed by atoms with Gasteiger partial charge in [0.1, 0.15) is 0 Å². The van der Waals surface area contributed by atoms with E-state index >= 15 is 0 Å². The second kappa shape index (κ2) is 7.82. The molecule has 0 heterocycles. The van der Waals surface area contributed by atoms with Crippen molar-refractivity contribution in [2.24, 2.45) is 16.8 Å². The zero-order chi connectivity index (χ0) is 15.9. The number of aliphatic imine (C=N–C) groups is 1. The Morgan fingerprint density at radius 3 is 2.50 bits per heavy atom. The molecule has 22 heavy (non-hydrogen) atoms. The number of ether oxygens (including phenoxy) is 2. The van der Waals surface area contributed by atoms with Crippen LogP contribution in [-0.4, -0.2) is 38.1 Å². The van der Waals surface area contributed by atoms with Gasteiger partial charge in [-0.3, -0.25) is 9.79 Å². The molecule has 0 aliphatic heterocycles. The topological polar surface area (TPSA) is 68.1 Å². The summed E-state index contributed by atoms with van der Waals surface area (Å²) >= 11 is 0.